The molecule has 2 aromatic rings. The lowest BCUT2D eigenvalue weighted by Crippen LogP contribution is -2.37. The zero-order chi connectivity index (χ0) is 15.8. The number of nitrogens with zero attached hydrogens (tertiary/aromatic N) is 4. The van der Waals surface area contributed by atoms with Gasteiger partial charge in [-0.25, -0.2) is 9.97 Å². The fraction of sp³-hybridized carbons (Fsp3) is 0.562. The second kappa shape index (κ2) is 5.81. The summed E-state index contributed by atoms with van der Waals surface area (Å²) in [5.74, 6) is 2.48. The number of hydrogen-bond donors (Lipinski definition) is 0. The molecule has 0 aliphatic carbocycles. The van der Waals surface area contributed by atoms with E-state index in [9.17, 15) is 4.79 Å². The monoisotopic (exact) mass is 316 g/mol. The Kier molecular flexibility index (Phi) is 3.65. The summed E-state index contributed by atoms with van der Waals surface area (Å²) in [5.41, 5.74) is 0.889. The average molecular weight is 316 g/mol. The number of aryl methyl sites for hydroxylation is 1. The summed E-state index contributed by atoms with van der Waals surface area (Å²) in [5, 5.41) is 0. The van der Waals surface area contributed by atoms with E-state index in [2.05, 4.69) is 9.97 Å². The molecule has 1 saturated heterocycles. The fourth-order valence-electron chi connectivity index (χ4n) is 3.22. The largest absolute Gasteiger partial charge is 0.445 e. The molecule has 0 bridgehead atoms. The van der Waals surface area contributed by atoms with Crippen molar-refractivity contribution in [2.45, 2.75) is 31.7 Å². The first-order chi connectivity index (χ1) is 11.2. The summed E-state index contributed by atoms with van der Waals surface area (Å²) in [4.78, 5) is 23.2. The molecule has 7 heteroatoms. The molecule has 0 radical (unpaired) electrons. The first kappa shape index (κ1) is 14.4. The van der Waals surface area contributed by atoms with E-state index in [1.54, 1.807) is 21.9 Å². The molecule has 1 fully saturated rings. The zero-order valence-electron chi connectivity index (χ0n) is 13.2. The third-order valence-electron chi connectivity index (χ3n) is 4.61. The highest BCUT2D eigenvalue weighted by molar-refractivity contribution is 5.90. The van der Waals surface area contributed by atoms with Gasteiger partial charge in [0.15, 0.2) is 11.7 Å². The molecule has 0 aromatic carbocycles. The lowest BCUT2D eigenvalue weighted by atomic mass is 10.0. The Morgan fingerprint density at radius 2 is 2.17 bits per heavy atom. The van der Waals surface area contributed by atoms with Gasteiger partial charge in [0.2, 0.25) is 0 Å². The van der Waals surface area contributed by atoms with Gasteiger partial charge in [-0.3, -0.25) is 4.79 Å². The normalized spacial score (nSPS) is 18.9. The van der Waals surface area contributed by atoms with Gasteiger partial charge in [-0.1, -0.05) is 0 Å². The Balaban J connectivity index is 1.52. The van der Waals surface area contributed by atoms with Crippen LogP contribution in [0.2, 0.25) is 0 Å². The molecule has 4 rings (SSSR count). The van der Waals surface area contributed by atoms with E-state index < -0.39 is 0 Å². The SMILES string of the molecule is Cn1ccnc1C(=O)N1CCc2oc(C3CCOCC3)nc2C1. The quantitative estimate of drug-likeness (QED) is 0.839. The van der Waals surface area contributed by atoms with E-state index in [4.69, 9.17) is 9.15 Å². The van der Waals surface area contributed by atoms with Crippen molar-refractivity contribution in [3.63, 3.8) is 0 Å². The van der Waals surface area contributed by atoms with Crippen LogP contribution in [-0.4, -0.2) is 45.1 Å². The van der Waals surface area contributed by atoms with Gasteiger partial charge in [0.1, 0.15) is 11.5 Å². The Bertz CT molecular complexity index is 715. The van der Waals surface area contributed by atoms with E-state index in [1.165, 1.54) is 0 Å². The number of fused-ring (bicyclic) bond motifs is 1. The van der Waals surface area contributed by atoms with Crippen LogP contribution in [-0.2, 0) is 24.8 Å². The molecule has 2 aliphatic rings. The minimum absolute atomic E-state index is 0.0567. The van der Waals surface area contributed by atoms with Crippen LogP contribution in [0, 0.1) is 0 Å². The van der Waals surface area contributed by atoms with E-state index in [0.717, 1.165) is 43.4 Å². The van der Waals surface area contributed by atoms with Gasteiger partial charge >= 0.3 is 0 Å². The molecule has 2 aliphatic heterocycles. The van der Waals surface area contributed by atoms with Crippen molar-refractivity contribution >= 4 is 5.91 Å². The number of rotatable bonds is 2. The topological polar surface area (TPSA) is 73.4 Å². The number of ether oxygens (including phenoxy) is 1. The summed E-state index contributed by atoms with van der Waals surface area (Å²) >= 11 is 0. The van der Waals surface area contributed by atoms with Crippen LogP contribution >= 0.6 is 0 Å². The van der Waals surface area contributed by atoms with Crippen molar-refractivity contribution in [3.8, 4) is 0 Å². The molecular formula is C16H20N4O3. The van der Waals surface area contributed by atoms with Crippen molar-refractivity contribution in [3.05, 3.63) is 35.6 Å². The van der Waals surface area contributed by atoms with E-state index in [-0.39, 0.29) is 5.91 Å². The van der Waals surface area contributed by atoms with Crippen molar-refractivity contribution in [1.82, 2.24) is 19.4 Å². The number of hydrogen-bond acceptors (Lipinski definition) is 5. The number of amides is 1. The van der Waals surface area contributed by atoms with Gasteiger partial charge in [-0.05, 0) is 12.8 Å². The van der Waals surface area contributed by atoms with Crippen LogP contribution in [0.25, 0.3) is 0 Å². The predicted molar refractivity (Wildman–Crippen MR) is 80.9 cm³/mol. The summed E-state index contributed by atoms with van der Waals surface area (Å²) in [6, 6.07) is 0. The van der Waals surface area contributed by atoms with Gasteiger partial charge in [0.25, 0.3) is 5.91 Å². The first-order valence-corrected chi connectivity index (χ1v) is 8.05. The standard InChI is InChI=1S/C16H20N4O3/c1-19-7-5-17-14(19)16(21)20-6-2-13-12(10-20)18-15(23-13)11-3-8-22-9-4-11/h5,7,11H,2-4,6,8-10H2,1H3. The number of carbonyl (C=O) groups excluding carboxylic acids is 1. The zero-order valence-corrected chi connectivity index (χ0v) is 13.2. The molecule has 1 amide bonds. The molecule has 0 saturated carbocycles. The third kappa shape index (κ3) is 2.65. The van der Waals surface area contributed by atoms with Crippen LogP contribution in [0.5, 0.6) is 0 Å². The average Bonchev–Trinajstić information content (AvgIpc) is 3.20. The molecule has 2 aromatic heterocycles. The molecule has 23 heavy (non-hydrogen) atoms. The molecule has 0 spiro atoms. The Morgan fingerprint density at radius 1 is 1.35 bits per heavy atom. The second-order valence-electron chi connectivity index (χ2n) is 6.15. The van der Waals surface area contributed by atoms with Gasteiger partial charge in [0, 0.05) is 51.5 Å². The minimum atomic E-state index is -0.0567. The summed E-state index contributed by atoms with van der Waals surface area (Å²) in [7, 11) is 1.83. The minimum Gasteiger partial charge on any atom is -0.445 e. The van der Waals surface area contributed by atoms with Crippen LogP contribution < -0.4 is 0 Å². The maximum absolute atomic E-state index is 12.6. The van der Waals surface area contributed by atoms with Gasteiger partial charge in [-0.15, -0.1) is 0 Å². The number of carbonyl (C=O) groups is 1. The number of oxazole rings is 1. The molecule has 0 N–H and O–H groups in total. The van der Waals surface area contributed by atoms with E-state index in [1.807, 2.05) is 7.05 Å². The van der Waals surface area contributed by atoms with Crippen LogP contribution in [0.1, 0.15) is 46.7 Å². The molecule has 4 heterocycles. The van der Waals surface area contributed by atoms with E-state index in [0.29, 0.717) is 31.3 Å². The van der Waals surface area contributed by atoms with Crippen molar-refractivity contribution < 1.29 is 13.9 Å². The highest BCUT2D eigenvalue weighted by Crippen LogP contribution is 2.30. The van der Waals surface area contributed by atoms with Gasteiger partial charge in [0.05, 0.1) is 6.54 Å². The van der Waals surface area contributed by atoms with Crippen molar-refractivity contribution in [2.75, 3.05) is 19.8 Å². The molecular weight excluding hydrogens is 296 g/mol. The van der Waals surface area contributed by atoms with Gasteiger partial charge in [-0.2, -0.15) is 0 Å². The van der Waals surface area contributed by atoms with Crippen LogP contribution in [0.3, 0.4) is 0 Å². The lowest BCUT2D eigenvalue weighted by Gasteiger charge is -2.24. The van der Waals surface area contributed by atoms with Crippen LogP contribution in [0.15, 0.2) is 16.8 Å². The highest BCUT2D eigenvalue weighted by Gasteiger charge is 2.30. The second-order valence-corrected chi connectivity index (χ2v) is 6.15. The molecule has 122 valence electrons. The maximum atomic E-state index is 12.6. The van der Waals surface area contributed by atoms with Crippen molar-refractivity contribution in [1.29, 1.82) is 0 Å². The predicted octanol–water partition coefficient (Wildman–Crippen LogP) is 1.50. The Hall–Kier alpha value is -2.15. The first-order valence-electron chi connectivity index (χ1n) is 8.05. The van der Waals surface area contributed by atoms with Gasteiger partial charge < -0.3 is 18.6 Å². The highest BCUT2D eigenvalue weighted by atomic mass is 16.5. The lowest BCUT2D eigenvalue weighted by molar-refractivity contribution is 0.0710. The number of imidazole rings is 1. The molecule has 0 atom stereocenters. The maximum Gasteiger partial charge on any atom is 0.290 e. The number of aromatic nitrogens is 3. The smallest absolute Gasteiger partial charge is 0.290 e. The summed E-state index contributed by atoms with van der Waals surface area (Å²) in [6.45, 7) is 2.66. The molecule has 7 nitrogen and oxygen atoms in total. The van der Waals surface area contributed by atoms with Crippen molar-refractivity contribution in [2.24, 2.45) is 7.05 Å². The Morgan fingerprint density at radius 3 is 2.91 bits per heavy atom. The Labute approximate surface area is 134 Å². The van der Waals surface area contributed by atoms with Crippen LogP contribution in [0.4, 0.5) is 0 Å². The van der Waals surface area contributed by atoms with E-state index >= 15 is 0 Å². The third-order valence-corrected chi connectivity index (χ3v) is 4.61. The fourth-order valence-corrected chi connectivity index (χ4v) is 3.22. The summed E-state index contributed by atoms with van der Waals surface area (Å²) < 4.78 is 13.1. The summed E-state index contributed by atoms with van der Waals surface area (Å²) in [6.07, 6.45) is 6.04. The molecule has 0 unspecified atom stereocenters.